The van der Waals surface area contributed by atoms with E-state index in [1.54, 1.807) is 12.1 Å². The van der Waals surface area contributed by atoms with Crippen molar-refractivity contribution in [3.8, 4) is 5.75 Å². The van der Waals surface area contributed by atoms with Gasteiger partial charge in [0.1, 0.15) is 5.75 Å². The molecule has 2 amide bonds. The number of hydrogen-bond acceptors (Lipinski definition) is 3. The van der Waals surface area contributed by atoms with E-state index in [2.05, 4.69) is 17.5 Å². The van der Waals surface area contributed by atoms with Crippen LogP contribution in [0.1, 0.15) is 57.4 Å². The van der Waals surface area contributed by atoms with Crippen molar-refractivity contribution in [2.24, 2.45) is 10.8 Å². The molecule has 0 aliphatic rings. The summed E-state index contributed by atoms with van der Waals surface area (Å²) >= 11 is 6.17. The first-order valence-corrected chi connectivity index (χ1v) is 8.52. The van der Waals surface area contributed by atoms with Gasteiger partial charge in [-0.05, 0) is 30.2 Å². The van der Waals surface area contributed by atoms with Crippen molar-refractivity contribution in [1.29, 1.82) is 0 Å². The molecule has 0 bridgehead atoms. The minimum Gasteiger partial charge on any atom is -0.492 e. The van der Waals surface area contributed by atoms with E-state index in [1.807, 2.05) is 6.07 Å². The number of carbonyl (C=O) groups excluding carboxylic acids is 1. The maximum Gasteiger partial charge on any atom is 0.332 e. The van der Waals surface area contributed by atoms with E-state index in [-0.39, 0.29) is 0 Å². The number of nitrogens with one attached hydrogen (secondary N) is 1. The number of nitrogens with zero attached hydrogens (tertiary/aromatic N) is 1. The molecule has 6 heteroatoms. The van der Waals surface area contributed by atoms with Crippen LogP contribution in [0.15, 0.2) is 23.3 Å². The van der Waals surface area contributed by atoms with Gasteiger partial charge < -0.3 is 10.5 Å². The molecule has 0 saturated heterocycles. The number of amides is 2. The average Bonchev–Trinajstić information content (AvgIpc) is 2.51. The molecule has 0 unspecified atom stereocenters. The maximum absolute atomic E-state index is 10.5. The summed E-state index contributed by atoms with van der Waals surface area (Å²) in [6.07, 6.45) is 10.2. The van der Waals surface area contributed by atoms with Crippen LogP contribution < -0.4 is 15.9 Å². The van der Waals surface area contributed by atoms with Gasteiger partial charge in [0.25, 0.3) is 0 Å². The second-order valence-corrected chi connectivity index (χ2v) is 5.80. The highest BCUT2D eigenvalue weighted by Crippen LogP contribution is 2.25. The molecule has 1 aromatic carbocycles. The molecule has 1 rings (SSSR count). The Morgan fingerprint density at radius 2 is 1.96 bits per heavy atom. The van der Waals surface area contributed by atoms with Crippen LogP contribution in [0.3, 0.4) is 0 Å². The van der Waals surface area contributed by atoms with Gasteiger partial charge >= 0.3 is 6.03 Å². The van der Waals surface area contributed by atoms with Crippen LogP contribution in [-0.2, 0) is 0 Å². The molecule has 0 spiro atoms. The normalized spacial score (nSPS) is 10.9. The zero-order valence-electron chi connectivity index (χ0n) is 13.7. The zero-order valence-corrected chi connectivity index (χ0v) is 14.4. The third-order valence-corrected chi connectivity index (χ3v) is 3.65. The Morgan fingerprint density at radius 3 is 2.61 bits per heavy atom. The largest absolute Gasteiger partial charge is 0.492 e. The first-order valence-electron chi connectivity index (χ1n) is 8.14. The molecular formula is C17H26ClN3O2. The van der Waals surface area contributed by atoms with Crippen molar-refractivity contribution in [2.45, 2.75) is 51.9 Å². The predicted molar refractivity (Wildman–Crippen MR) is 95.3 cm³/mol. The lowest BCUT2D eigenvalue weighted by atomic mass is 10.1. The molecule has 23 heavy (non-hydrogen) atoms. The van der Waals surface area contributed by atoms with Crippen molar-refractivity contribution < 1.29 is 9.53 Å². The van der Waals surface area contributed by atoms with E-state index in [4.69, 9.17) is 22.1 Å². The first-order chi connectivity index (χ1) is 11.1. The number of halogens is 1. The van der Waals surface area contributed by atoms with Gasteiger partial charge in [0.05, 0.1) is 17.8 Å². The minimum atomic E-state index is -0.706. The number of hydrazone groups is 1. The maximum atomic E-state index is 10.5. The van der Waals surface area contributed by atoms with Crippen LogP contribution in [0.5, 0.6) is 5.75 Å². The third kappa shape index (κ3) is 9.08. The summed E-state index contributed by atoms with van der Waals surface area (Å²) < 4.78 is 5.70. The Labute approximate surface area is 143 Å². The number of urea groups is 1. The van der Waals surface area contributed by atoms with Gasteiger partial charge in [0.2, 0.25) is 0 Å². The number of carbonyl (C=O) groups is 1. The monoisotopic (exact) mass is 339 g/mol. The van der Waals surface area contributed by atoms with E-state index in [0.717, 1.165) is 12.0 Å². The second-order valence-electron chi connectivity index (χ2n) is 5.39. The molecular weight excluding hydrogens is 314 g/mol. The fourth-order valence-corrected chi connectivity index (χ4v) is 2.37. The summed E-state index contributed by atoms with van der Waals surface area (Å²) in [5.74, 6) is 0.665. The lowest BCUT2D eigenvalue weighted by Gasteiger charge is -2.08. The lowest BCUT2D eigenvalue weighted by Crippen LogP contribution is -2.24. The molecule has 128 valence electrons. The minimum absolute atomic E-state index is 0.524. The molecule has 0 heterocycles. The fourth-order valence-electron chi connectivity index (χ4n) is 2.13. The van der Waals surface area contributed by atoms with Crippen LogP contribution in [-0.4, -0.2) is 18.9 Å². The fraction of sp³-hybridized carbons (Fsp3) is 0.529. The Bertz CT molecular complexity index is 507. The van der Waals surface area contributed by atoms with Gasteiger partial charge in [0, 0.05) is 0 Å². The molecule has 5 nitrogen and oxygen atoms in total. The average molecular weight is 340 g/mol. The van der Waals surface area contributed by atoms with E-state index in [1.165, 1.54) is 44.7 Å². The Balaban J connectivity index is 2.27. The standard InChI is InChI=1S/C17H26ClN3O2/c1-2-3-4-5-6-7-8-11-23-16-10-9-14(12-15(16)18)13-20-21-17(19)22/h9-10,12-13H,2-8,11H2,1H3,(H3,19,21,22)/b20-13-. The molecule has 0 aromatic heterocycles. The van der Waals surface area contributed by atoms with E-state index < -0.39 is 6.03 Å². The summed E-state index contributed by atoms with van der Waals surface area (Å²) in [4.78, 5) is 10.5. The van der Waals surface area contributed by atoms with Crippen molar-refractivity contribution in [1.82, 2.24) is 5.43 Å². The Morgan fingerprint density at radius 1 is 1.26 bits per heavy atom. The number of nitrogens with two attached hydrogens (primary N) is 1. The highest BCUT2D eigenvalue weighted by Gasteiger charge is 2.02. The number of benzene rings is 1. The summed E-state index contributed by atoms with van der Waals surface area (Å²) in [5, 5.41) is 4.20. The highest BCUT2D eigenvalue weighted by atomic mass is 35.5. The van der Waals surface area contributed by atoms with Crippen LogP contribution in [0.2, 0.25) is 5.02 Å². The molecule has 1 aromatic rings. The third-order valence-electron chi connectivity index (χ3n) is 3.35. The van der Waals surface area contributed by atoms with E-state index >= 15 is 0 Å². The number of rotatable bonds is 11. The molecule has 0 saturated carbocycles. The summed E-state index contributed by atoms with van der Waals surface area (Å²) in [5.41, 5.74) is 7.80. The molecule has 0 atom stereocenters. The zero-order chi connectivity index (χ0) is 16.9. The Hall–Kier alpha value is -1.75. The first kappa shape index (κ1) is 19.3. The molecule has 0 radical (unpaired) electrons. The molecule has 3 N–H and O–H groups in total. The molecule has 0 fully saturated rings. The summed E-state index contributed by atoms with van der Waals surface area (Å²) in [6, 6.07) is 4.64. The molecule has 0 aliphatic heterocycles. The topological polar surface area (TPSA) is 76.7 Å². The van der Waals surface area contributed by atoms with Crippen LogP contribution in [0.4, 0.5) is 4.79 Å². The number of unbranched alkanes of at least 4 members (excludes halogenated alkanes) is 6. The predicted octanol–water partition coefficient (Wildman–Crippen LogP) is 4.47. The second kappa shape index (κ2) is 11.8. The van der Waals surface area contributed by atoms with Gasteiger partial charge in [-0.2, -0.15) is 5.10 Å². The van der Waals surface area contributed by atoms with Gasteiger partial charge in [-0.3, -0.25) is 0 Å². The quantitative estimate of drug-likeness (QED) is 0.354. The lowest BCUT2D eigenvalue weighted by molar-refractivity contribution is 0.249. The summed E-state index contributed by atoms with van der Waals surface area (Å²) in [7, 11) is 0. The van der Waals surface area contributed by atoms with E-state index in [9.17, 15) is 4.79 Å². The Kier molecular flexibility index (Phi) is 9.87. The van der Waals surface area contributed by atoms with Gasteiger partial charge in [-0.25, -0.2) is 10.2 Å². The van der Waals surface area contributed by atoms with Crippen molar-refractivity contribution in [2.75, 3.05) is 6.61 Å². The number of ether oxygens (including phenoxy) is 1. The SMILES string of the molecule is CCCCCCCCCOc1ccc(/C=N\NC(N)=O)cc1Cl. The summed E-state index contributed by atoms with van der Waals surface area (Å²) in [6.45, 7) is 2.90. The van der Waals surface area contributed by atoms with Crippen molar-refractivity contribution >= 4 is 23.8 Å². The number of hydrogen-bond donors (Lipinski definition) is 2. The van der Waals surface area contributed by atoms with Crippen molar-refractivity contribution in [3.63, 3.8) is 0 Å². The highest BCUT2D eigenvalue weighted by molar-refractivity contribution is 6.32. The number of primary amides is 1. The van der Waals surface area contributed by atoms with Gasteiger partial charge in [-0.15, -0.1) is 0 Å². The van der Waals surface area contributed by atoms with Crippen molar-refractivity contribution in [3.05, 3.63) is 28.8 Å². The van der Waals surface area contributed by atoms with Gasteiger partial charge in [0.15, 0.2) is 0 Å². The van der Waals surface area contributed by atoms with Crippen LogP contribution >= 0.6 is 11.6 Å². The van der Waals surface area contributed by atoms with Gasteiger partial charge in [-0.1, -0.05) is 57.0 Å². The van der Waals surface area contributed by atoms with Crippen LogP contribution in [0.25, 0.3) is 0 Å². The van der Waals surface area contributed by atoms with E-state index in [0.29, 0.717) is 17.4 Å². The molecule has 0 aliphatic carbocycles. The smallest absolute Gasteiger partial charge is 0.332 e. The van der Waals surface area contributed by atoms with Crippen LogP contribution in [0, 0.1) is 0 Å².